The number of piperazine rings is 1. The molecule has 0 bridgehead atoms. The van der Waals surface area contributed by atoms with Crippen molar-refractivity contribution in [2.75, 3.05) is 24.7 Å². The molecule has 10 heteroatoms. The molecule has 1 fully saturated rings. The lowest BCUT2D eigenvalue weighted by Crippen LogP contribution is -2.68. The molecule has 2 aliphatic heterocycles. The predicted octanol–water partition coefficient (Wildman–Crippen LogP) is 3.16. The van der Waals surface area contributed by atoms with Gasteiger partial charge in [0.1, 0.15) is 11.8 Å². The molecular weight excluding hydrogens is 538 g/mol. The van der Waals surface area contributed by atoms with Crippen molar-refractivity contribution in [3.05, 3.63) is 59.7 Å². The molecule has 2 N–H and O–H groups in total. The van der Waals surface area contributed by atoms with Crippen LogP contribution in [0.2, 0.25) is 0 Å². The Kier molecular flexibility index (Phi) is 10.2. The smallest absolute Gasteiger partial charge is 0.307 e. The number of anilines is 1. The number of hydrogen-bond donors (Lipinski definition) is 2. The number of aryl methyl sites for hydroxylation is 1. The Balaban J connectivity index is 1.75. The van der Waals surface area contributed by atoms with Crippen LogP contribution < -0.4 is 15.0 Å². The highest BCUT2D eigenvalue weighted by atomic mass is 16.5. The zero-order valence-electron chi connectivity index (χ0n) is 24.7. The fourth-order valence-electron chi connectivity index (χ4n) is 5.79. The molecule has 4 rings (SSSR count). The Labute approximate surface area is 247 Å². The number of carbonyl (C=O) groups excluding carboxylic acids is 4. The summed E-state index contributed by atoms with van der Waals surface area (Å²) in [7, 11) is 0. The van der Waals surface area contributed by atoms with E-state index in [2.05, 4.69) is 5.32 Å². The number of amides is 3. The minimum absolute atomic E-state index is 0.00999. The average Bonchev–Trinajstić information content (AvgIpc) is 3.28. The summed E-state index contributed by atoms with van der Waals surface area (Å²) in [6, 6.07) is 11.9. The van der Waals surface area contributed by atoms with Crippen molar-refractivity contribution in [1.82, 2.24) is 10.2 Å². The number of carbonyl (C=O) groups is 4. The number of nitrogens with zero attached hydrogens (tertiary/aromatic N) is 2. The largest absolute Gasteiger partial charge is 0.493 e. The van der Waals surface area contributed by atoms with Gasteiger partial charge in [0.2, 0.25) is 17.7 Å². The standard InChI is InChI=1S/C32H41N3O7/c1-5-41-28(38)19-26-30-29(33-31(39)20(2)3)24-18-23(42-17-9-16-36)13-14-25(24)35(30)32(40)21(4)34(26)27(37)15-12-22-10-7-6-8-11-22/h6-8,10-11,13-14,18,20-21,26,29-30,36H,5,9,12,15-17,19H2,1-4H3,(H,33,39)/t21-,26?,29-,30+/m0/s1. The van der Waals surface area contributed by atoms with Gasteiger partial charge in [-0.15, -0.1) is 0 Å². The van der Waals surface area contributed by atoms with Crippen molar-refractivity contribution < 1.29 is 33.8 Å². The maximum atomic E-state index is 14.0. The van der Waals surface area contributed by atoms with Gasteiger partial charge >= 0.3 is 5.97 Å². The maximum Gasteiger partial charge on any atom is 0.307 e. The van der Waals surface area contributed by atoms with Crippen molar-refractivity contribution in [3.63, 3.8) is 0 Å². The molecule has 4 atom stereocenters. The first-order valence-corrected chi connectivity index (χ1v) is 14.7. The Morgan fingerprint density at radius 1 is 1.10 bits per heavy atom. The summed E-state index contributed by atoms with van der Waals surface area (Å²) in [6.07, 6.45) is 0.967. The van der Waals surface area contributed by atoms with Crippen LogP contribution in [0.15, 0.2) is 48.5 Å². The Hall–Kier alpha value is -3.92. The van der Waals surface area contributed by atoms with Crippen LogP contribution in [0, 0.1) is 5.92 Å². The fraction of sp³-hybridized carbons (Fsp3) is 0.500. The van der Waals surface area contributed by atoms with Crippen molar-refractivity contribution in [1.29, 1.82) is 0 Å². The molecule has 0 aliphatic carbocycles. The molecule has 2 heterocycles. The number of hydrogen-bond acceptors (Lipinski definition) is 7. The molecule has 0 aromatic heterocycles. The van der Waals surface area contributed by atoms with Crippen LogP contribution >= 0.6 is 0 Å². The van der Waals surface area contributed by atoms with Crippen LogP contribution in [-0.2, 0) is 30.3 Å². The molecule has 226 valence electrons. The molecule has 10 nitrogen and oxygen atoms in total. The molecule has 0 radical (unpaired) electrons. The molecule has 2 aromatic carbocycles. The zero-order chi connectivity index (χ0) is 30.4. The second-order valence-corrected chi connectivity index (χ2v) is 11.0. The molecular formula is C32H41N3O7. The highest BCUT2D eigenvalue weighted by Crippen LogP contribution is 2.47. The minimum atomic E-state index is -0.836. The second-order valence-electron chi connectivity index (χ2n) is 11.0. The SMILES string of the molecule is CCOC(=O)CC1[C@@H]2[C@@H](NC(=O)C(C)C)c3cc(OCCCO)ccc3N2C(=O)[C@H](C)N1C(=O)CCc1ccccc1. The summed E-state index contributed by atoms with van der Waals surface area (Å²) in [6.45, 7) is 7.43. The normalized spacial score (nSPS) is 21.1. The fourth-order valence-corrected chi connectivity index (χ4v) is 5.79. The number of fused-ring (bicyclic) bond motifs is 3. The Morgan fingerprint density at radius 2 is 1.83 bits per heavy atom. The van der Waals surface area contributed by atoms with E-state index < -0.39 is 30.1 Å². The third-order valence-corrected chi connectivity index (χ3v) is 7.83. The van der Waals surface area contributed by atoms with Gasteiger partial charge in [-0.1, -0.05) is 44.2 Å². The summed E-state index contributed by atoms with van der Waals surface area (Å²) < 4.78 is 11.1. The van der Waals surface area contributed by atoms with Crippen LogP contribution in [0.4, 0.5) is 5.69 Å². The summed E-state index contributed by atoms with van der Waals surface area (Å²) in [5.74, 6) is -1.04. The van der Waals surface area contributed by atoms with Gasteiger partial charge in [-0.05, 0) is 44.0 Å². The highest BCUT2D eigenvalue weighted by Gasteiger charge is 2.55. The lowest BCUT2D eigenvalue weighted by atomic mass is 9.89. The van der Waals surface area contributed by atoms with E-state index in [1.54, 1.807) is 50.8 Å². The van der Waals surface area contributed by atoms with Gasteiger partial charge in [0.25, 0.3) is 0 Å². The maximum absolute atomic E-state index is 14.0. The van der Waals surface area contributed by atoms with E-state index in [0.717, 1.165) is 5.56 Å². The number of esters is 1. The van der Waals surface area contributed by atoms with E-state index in [1.807, 2.05) is 30.3 Å². The summed E-state index contributed by atoms with van der Waals surface area (Å²) in [4.78, 5) is 57.1. The van der Waals surface area contributed by atoms with E-state index in [-0.39, 0.29) is 49.7 Å². The minimum Gasteiger partial charge on any atom is -0.493 e. The number of aliphatic hydroxyl groups is 1. The third-order valence-electron chi connectivity index (χ3n) is 7.83. The molecule has 0 spiro atoms. The average molecular weight is 580 g/mol. The van der Waals surface area contributed by atoms with E-state index in [9.17, 15) is 19.2 Å². The summed E-state index contributed by atoms with van der Waals surface area (Å²) in [5.41, 5.74) is 2.27. The molecule has 42 heavy (non-hydrogen) atoms. The lowest BCUT2D eigenvalue weighted by Gasteiger charge is -2.49. The quantitative estimate of drug-likeness (QED) is 0.292. The van der Waals surface area contributed by atoms with Gasteiger partial charge in [-0.3, -0.25) is 19.2 Å². The molecule has 2 aromatic rings. The monoisotopic (exact) mass is 579 g/mol. The third kappa shape index (κ3) is 6.59. The second kappa shape index (κ2) is 13.8. The van der Waals surface area contributed by atoms with Gasteiger partial charge < -0.3 is 29.7 Å². The van der Waals surface area contributed by atoms with E-state index in [0.29, 0.717) is 36.4 Å². The molecule has 1 unspecified atom stereocenters. The van der Waals surface area contributed by atoms with Crippen molar-refractivity contribution in [2.24, 2.45) is 5.92 Å². The van der Waals surface area contributed by atoms with Crippen LogP contribution in [0.1, 0.15) is 64.1 Å². The van der Waals surface area contributed by atoms with Crippen LogP contribution in [0.5, 0.6) is 5.75 Å². The van der Waals surface area contributed by atoms with E-state index in [1.165, 1.54) is 4.90 Å². The van der Waals surface area contributed by atoms with Gasteiger partial charge in [0.15, 0.2) is 0 Å². The first kappa shape index (κ1) is 31.0. The molecule has 1 saturated heterocycles. The van der Waals surface area contributed by atoms with E-state index >= 15 is 0 Å². The molecule has 2 aliphatic rings. The first-order chi connectivity index (χ1) is 20.2. The topological polar surface area (TPSA) is 125 Å². The van der Waals surface area contributed by atoms with Crippen molar-refractivity contribution in [3.8, 4) is 5.75 Å². The van der Waals surface area contributed by atoms with Gasteiger partial charge in [0.05, 0.1) is 37.8 Å². The van der Waals surface area contributed by atoms with Crippen molar-refractivity contribution >= 4 is 29.4 Å². The highest BCUT2D eigenvalue weighted by molar-refractivity contribution is 6.04. The molecule has 0 saturated carbocycles. The molecule has 3 amide bonds. The number of rotatable bonds is 12. The van der Waals surface area contributed by atoms with Crippen LogP contribution in [0.25, 0.3) is 0 Å². The van der Waals surface area contributed by atoms with Gasteiger partial charge in [-0.2, -0.15) is 0 Å². The number of ether oxygens (including phenoxy) is 2. The van der Waals surface area contributed by atoms with Crippen LogP contribution in [0.3, 0.4) is 0 Å². The van der Waals surface area contributed by atoms with Crippen LogP contribution in [-0.4, -0.2) is 71.6 Å². The summed E-state index contributed by atoms with van der Waals surface area (Å²) in [5, 5.41) is 12.3. The van der Waals surface area contributed by atoms with Crippen molar-refractivity contribution in [2.45, 2.75) is 77.5 Å². The van der Waals surface area contributed by atoms with E-state index in [4.69, 9.17) is 14.6 Å². The predicted molar refractivity (Wildman–Crippen MR) is 157 cm³/mol. The first-order valence-electron chi connectivity index (χ1n) is 14.7. The number of nitrogens with one attached hydrogen (secondary N) is 1. The Morgan fingerprint density at radius 3 is 2.50 bits per heavy atom. The summed E-state index contributed by atoms with van der Waals surface area (Å²) >= 11 is 0. The lowest BCUT2D eigenvalue weighted by molar-refractivity contribution is -0.152. The van der Waals surface area contributed by atoms with Gasteiger partial charge in [0, 0.05) is 36.6 Å². The number of aliphatic hydroxyl groups excluding tert-OH is 1. The zero-order valence-corrected chi connectivity index (χ0v) is 24.7. The number of benzene rings is 2. The van der Waals surface area contributed by atoms with Gasteiger partial charge in [-0.25, -0.2) is 0 Å². The Bertz CT molecular complexity index is 1280.